The SMILES string of the molecule is Cc1cc(C)c(C(=O)CN2C(=O)c3ccccc3S2(=O)=O)cc1C. The van der Waals surface area contributed by atoms with E-state index in [1.165, 1.54) is 12.1 Å². The highest BCUT2D eigenvalue weighted by Gasteiger charge is 2.41. The molecule has 0 bridgehead atoms. The Kier molecular flexibility index (Phi) is 3.80. The summed E-state index contributed by atoms with van der Waals surface area (Å²) >= 11 is 0. The Hall–Kier alpha value is -2.47. The average Bonchev–Trinajstić information content (AvgIpc) is 2.72. The summed E-state index contributed by atoms with van der Waals surface area (Å²) in [6, 6.07) is 9.63. The number of rotatable bonds is 3. The number of aryl methyl sites for hydroxylation is 3. The molecule has 124 valence electrons. The maximum atomic E-state index is 12.6. The zero-order chi connectivity index (χ0) is 17.6. The molecule has 0 aliphatic carbocycles. The lowest BCUT2D eigenvalue weighted by atomic mass is 9.98. The van der Waals surface area contributed by atoms with Gasteiger partial charge in [-0.2, -0.15) is 0 Å². The number of fused-ring (bicyclic) bond motifs is 1. The fourth-order valence-corrected chi connectivity index (χ4v) is 4.39. The number of carbonyl (C=O) groups is 2. The van der Waals surface area contributed by atoms with E-state index in [-0.39, 0.29) is 16.2 Å². The molecule has 1 aliphatic rings. The van der Waals surface area contributed by atoms with Crippen molar-refractivity contribution in [1.82, 2.24) is 4.31 Å². The fraction of sp³-hybridized carbons (Fsp3) is 0.222. The van der Waals surface area contributed by atoms with E-state index in [1.54, 1.807) is 25.1 Å². The van der Waals surface area contributed by atoms with Crippen LogP contribution in [-0.4, -0.2) is 31.0 Å². The number of sulfonamides is 1. The van der Waals surface area contributed by atoms with Gasteiger partial charge in [0.25, 0.3) is 15.9 Å². The molecule has 0 N–H and O–H groups in total. The predicted octanol–water partition coefficient (Wildman–Crippen LogP) is 2.64. The van der Waals surface area contributed by atoms with Gasteiger partial charge < -0.3 is 0 Å². The highest BCUT2D eigenvalue weighted by atomic mass is 32.2. The number of ketones is 1. The fourth-order valence-electron chi connectivity index (χ4n) is 2.86. The van der Waals surface area contributed by atoms with Gasteiger partial charge in [0.05, 0.1) is 5.56 Å². The summed E-state index contributed by atoms with van der Waals surface area (Å²) in [5, 5.41) is 0. The summed E-state index contributed by atoms with van der Waals surface area (Å²) < 4.78 is 25.7. The van der Waals surface area contributed by atoms with Crippen LogP contribution in [0.3, 0.4) is 0 Å². The Bertz CT molecular complexity index is 977. The van der Waals surface area contributed by atoms with Crippen LogP contribution < -0.4 is 0 Å². The van der Waals surface area contributed by atoms with E-state index in [0.717, 1.165) is 16.7 Å². The van der Waals surface area contributed by atoms with Crippen molar-refractivity contribution in [3.63, 3.8) is 0 Å². The van der Waals surface area contributed by atoms with Gasteiger partial charge >= 0.3 is 0 Å². The number of hydrogen-bond acceptors (Lipinski definition) is 4. The van der Waals surface area contributed by atoms with Crippen molar-refractivity contribution in [2.75, 3.05) is 6.54 Å². The Morgan fingerprint density at radius 3 is 2.29 bits per heavy atom. The Morgan fingerprint density at radius 1 is 1.00 bits per heavy atom. The van der Waals surface area contributed by atoms with Crippen LogP contribution in [0.15, 0.2) is 41.3 Å². The molecule has 0 aromatic heterocycles. The normalized spacial score (nSPS) is 15.5. The van der Waals surface area contributed by atoms with Crippen molar-refractivity contribution in [3.8, 4) is 0 Å². The van der Waals surface area contributed by atoms with E-state index in [0.29, 0.717) is 9.87 Å². The highest BCUT2D eigenvalue weighted by molar-refractivity contribution is 7.90. The lowest BCUT2D eigenvalue weighted by molar-refractivity contribution is 0.0820. The second-order valence-corrected chi connectivity index (χ2v) is 7.82. The van der Waals surface area contributed by atoms with Gasteiger partial charge in [0.15, 0.2) is 5.78 Å². The monoisotopic (exact) mass is 343 g/mol. The first kappa shape index (κ1) is 16.4. The third-order valence-electron chi connectivity index (χ3n) is 4.34. The van der Waals surface area contributed by atoms with Crippen molar-refractivity contribution in [2.45, 2.75) is 25.7 Å². The molecule has 1 aliphatic heterocycles. The van der Waals surface area contributed by atoms with Crippen molar-refractivity contribution in [1.29, 1.82) is 0 Å². The maximum absolute atomic E-state index is 12.6. The molecular weight excluding hydrogens is 326 g/mol. The van der Waals surface area contributed by atoms with Gasteiger partial charge in [0.1, 0.15) is 11.4 Å². The lowest BCUT2D eigenvalue weighted by Crippen LogP contribution is -2.35. The Labute approximate surface area is 141 Å². The van der Waals surface area contributed by atoms with Crippen LogP contribution in [0.2, 0.25) is 0 Å². The molecule has 3 rings (SSSR count). The molecule has 1 amide bonds. The van der Waals surface area contributed by atoms with E-state index in [2.05, 4.69) is 0 Å². The summed E-state index contributed by atoms with van der Waals surface area (Å²) in [6.45, 7) is 5.15. The zero-order valence-electron chi connectivity index (χ0n) is 13.7. The van der Waals surface area contributed by atoms with Gasteiger partial charge in [0, 0.05) is 5.56 Å². The van der Waals surface area contributed by atoms with E-state index < -0.39 is 22.5 Å². The third-order valence-corrected chi connectivity index (χ3v) is 6.13. The van der Waals surface area contributed by atoms with Gasteiger partial charge in [-0.3, -0.25) is 9.59 Å². The Balaban J connectivity index is 1.97. The molecule has 0 saturated heterocycles. The molecule has 5 nitrogen and oxygen atoms in total. The second-order valence-electron chi connectivity index (χ2n) is 5.99. The first-order chi connectivity index (χ1) is 11.2. The molecular formula is C18H17NO4S. The summed E-state index contributed by atoms with van der Waals surface area (Å²) in [4.78, 5) is 24.9. The molecule has 0 radical (unpaired) electrons. The highest BCUT2D eigenvalue weighted by Crippen LogP contribution is 2.30. The van der Waals surface area contributed by atoms with Gasteiger partial charge in [-0.25, -0.2) is 12.7 Å². The summed E-state index contributed by atoms with van der Waals surface area (Å²) in [5.41, 5.74) is 3.33. The number of carbonyl (C=O) groups excluding carboxylic acids is 2. The number of benzene rings is 2. The van der Waals surface area contributed by atoms with Gasteiger partial charge in [-0.15, -0.1) is 0 Å². The molecule has 0 atom stereocenters. The van der Waals surface area contributed by atoms with Crippen molar-refractivity contribution < 1.29 is 18.0 Å². The second kappa shape index (κ2) is 5.56. The maximum Gasteiger partial charge on any atom is 0.269 e. The summed E-state index contributed by atoms with van der Waals surface area (Å²) in [5.74, 6) is -1.04. The lowest BCUT2D eigenvalue weighted by Gasteiger charge is -2.16. The molecule has 1 heterocycles. The third kappa shape index (κ3) is 2.43. The van der Waals surface area contributed by atoms with Crippen LogP contribution in [0.1, 0.15) is 37.4 Å². The number of amides is 1. The molecule has 2 aromatic carbocycles. The van der Waals surface area contributed by atoms with Crippen molar-refractivity contribution in [3.05, 3.63) is 64.2 Å². The van der Waals surface area contributed by atoms with Crippen LogP contribution in [0.25, 0.3) is 0 Å². The minimum atomic E-state index is -3.97. The van der Waals surface area contributed by atoms with Crippen molar-refractivity contribution in [2.24, 2.45) is 0 Å². The van der Waals surface area contributed by atoms with Gasteiger partial charge in [-0.1, -0.05) is 18.2 Å². The van der Waals surface area contributed by atoms with E-state index in [9.17, 15) is 18.0 Å². The number of nitrogens with zero attached hydrogens (tertiary/aromatic N) is 1. The molecule has 24 heavy (non-hydrogen) atoms. The van der Waals surface area contributed by atoms with Crippen LogP contribution >= 0.6 is 0 Å². The molecule has 0 spiro atoms. The molecule has 0 unspecified atom stereocenters. The number of Topliss-reactive ketones (excluding diaryl/α,β-unsaturated/α-hetero) is 1. The van der Waals surface area contributed by atoms with E-state index in [4.69, 9.17) is 0 Å². The number of hydrogen-bond donors (Lipinski definition) is 0. The minimum Gasteiger partial charge on any atom is -0.292 e. The predicted molar refractivity (Wildman–Crippen MR) is 89.6 cm³/mol. The quantitative estimate of drug-likeness (QED) is 0.803. The zero-order valence-corrected chi connectivity index (χ0v) is 14.5. The van der Waals surface area contributed by atoms with Gasteiger partial charge in [0.2, 0.25) is 0 Å². The summed E-state index contributed by atoms with van der Waals surface area (Å²) in [7, 11) is -3.97. The molecule has 0 fully saturated rings. The average molecular weight is 343 g/mol. The molecule has 2 aromatic rings. The topological polar surface area (TPSA) is 71.5 Å². The molecule has 0 saturated carbocycles. The first-order valence-electron chi connectivity index (χ1n) is 7.50. The molecule has 6 heteroatoms. The smallest absolute Gasteiger partial charge is 0.269 e. The summed E-state index contributed by atoms with van der Waals surface area (Å²) in [6.07, 6.45) is 0. The largest absolute Gasteiger partial charge is 0.292 e. The van der Waals surface area contributed by atoms with E-state index in [1.807, 2.05) is 19.9 Å². The van der Waals surface area contributed by atoms with Crippen LogP contribution in [0.4, 0.5) is 0 Å². The van der Waals surface area contributed by atoms with Crippen LogP contribution in [0.5, 0.6) is 0 Å². The van der Waals surface area contributed by atoms with Crippen LogP contribution in [-0.2, 0) is 10.0 Å². The van der Waals surface area contributed by atoms with Crippen LogP contribution in [0, 0.1) is 20.8 Å². The van der Waals surface area contributed by atoms with Crippen molar-refractivity contribution >= 4 is 21.7 Å². The van der Waals surface area contributed by atoms with Gasteiger partial charge in [-0.05, 0) is 55.7 Å². The Morgan fingerprint density at radius 2 is 1.62 bits per heavy atom. The van der Waals surface area contributed by atoms with E-state index >= 15 is 0 Å². The standard InChI is InChI=1S/C18H17NO4S/c1-11-8-13(3)15(9-12(11)2)16(20)10-19-18(21)14-6-4-5-7-17(14)24(19,22)23/h4-9H,10H2,1-3H3. The minimum absolute atomic E-state index is 0.0420. The first-order valence-corrected chi connectivity index (χ1v) is 8.94.